The standard InChI is InChI=1S/C14H24N4/c1-11(2)17-6-8-18(9-7-17)14-10-13(12(3)15)4-5-16-14/h4-5,10-12H,6-9,15H2,1-3H3/t12-/m1/s1. The van der Waals surface area contributed by atoms with Crippen molar-refractivity contribution in [2.75, 3.05) is 31.1 Å². The molecule has 1 atom stereocenters. The lowest BCUT2D eigenvalue weighted by atomic mass is 10.1. The van der Waals surface area contributed by atoms with Crippen LogP contribution in [0.3, 0.4) is 0 Å². The van der Waals surface area contributed by atoms with Gasteiger partial charge in [0.05, 0.1) is 0 Å². The van der Waals surface area contributed by atoms with Gasteiger partial charge >= 0.3 is 0 Å². The Balaban J connectivity index is 2.03. The van der Waals surface area contributed by atoms with Gasteiger partial charge in [0.25, 0.3) is 0 Å². The van der Waals surface area contributed by atoms with Crippen LogP contribution in [0.5, 0.6) is 0 Å². The minimum absolute atomic E-state index is 0.0729. The van der Waals surface area contributed by atoms with Gasteiger partial charge in [0.15, 0.2) is 0 Å². The van der Waals surface area contributed by atoms with E-state index in [1.807, 2.05) is 19.2 Å². The van der Waals surface area contributed by atoms with Crippen LogP contribution in [-0.2, 0) is 0 Å². The number of hydrogen-bond donors (Lipinski definition) is 1. The summed E-state index contributed by atoms with van der Waals surface area (Å²) in [5, 5.41) is 0. The number of anilines is 1. The Morgan fingerprint density at radius 3 is 2.39 bits per heavy atom. The second-order valence-corrected chi connectivity index (χ2v) is 5.35. The second kappa shape index (κ2) is 5.67. The van der Waals surface area contributed by atoms with Gasteiger partial charge in [-0.1, -0.05) is 0 Å². The Morgan fingerprint density at radius 1 is 1.17 bits per heavy atom. The van der Waals surface area contributed by atoms with Crippen molar-refractivity contribution in [3.63, 3.8) is 0 Å². The lowest BCUT2D eigenvalue weighted by Crippen LogP contribution is -2.49. The number of piperazine rings is 1. The molecule has 0 aromatic carbocycles. The van der Waals surface area contributed by atoms with E-state index in [1.54, 1.807) is 0 Å². The fraction of sp³-hybridized carbons (Fsp3) is 0.643. The maximum atomic E-state index is 5.92. The monoisotopic (exact) mass is 248 g/mol. The minimum Gasteiger partial charge on any atom is -0.354 e. The molecule has 0 saturated carbocycles. The van der Waals surface area contributed by atoms with Gasteiger partial charge in [-0.3, -0.25) is 4.90 Å². The molecule has 0 radical (unpaired) electrons. The fourth-order valence-electron chi connectivity index (χ4n) is 2.36. The molecule has 2 heterocycles. The highest BCUT2D eigenvalue weighted by molar-refractivity contribution is 5.42. The molecule has 1 aromatic heterocycles. The third-order valence-corrected chi connectivity index (χ3v) is 3.66. The topological polar surface area (TPSA) is 45.4 Å². The van der Waals surface area contributed by atoms with E-state index in [4.69, 9.17) is 5.73 Å². The average Bonchev–Trinajstić information content (AvgIpc) is 2.39. The molecule has 0 spiro atoms. The molecule has 2 N–H and O–H groups in total. The van der Waals surface area contributed by atoms with Crippen LogP contribution in [0.15, 0.2) is 18.3 Å². The number of nitrogens with two attached hydrogens (primary N) is 1. The first kappa shape index (κ1) is 13.3. The third kappa shape index (κ3) is 3.00. The Morgan fingerprint density at radius 2 is 1.83 bits per heavy atom. The van der Waals surface area contributed by atoms with Crippen LogP contribution >= 0.6 is 0 Å². The van der Waals surface area contributed by atoms with Crippen molar-refractivity contribution in [1.82, 2.24) is 9.88 Å². The Labute approximate surface area is 110 Å². The van der Waals surface area contributed by atoms with Crippen molar-refractivity contribution >= 4 is 5.82 Å². The van der Waals surface area contributed by atoms with E-state index in [2.05, 4.69) is 34.7 Å². The summed E-state index contributed by atoms with van der Waals surface area (Å²) in [6, 6.07) is 4.83. The van der Waals surface area contributed by atoms with Gasteiger partial charge < -0.3 is 10.6 Å². The highest BCUT2D eigenvalue weighted by Gasteiger charge is 2.19. The molecule has 1 fully saturated rings. The average molecular weight is 248 g/mol. The molecule has 0 aliphatic carbocycles. The summed E-state index contributed by atoms with van der Waals surface area (Å²) in [6.07, 6.45) is 1.86. The van der Waals surface area contributed by atoms with E-state index in [0.29, 0.717) is 6.04 Å². The van der Waals surface area contributed by atoms with Crippen LogP contribution < -0.4 is 10.6 Å². The van der Waals surface area contributed by atoms with E-state index >= 15 is 0 Å². The molecular formula is C14H24N4. The highest BCUT2D eigenvalue weighted by atomic mass is 15.3. The van der Waals surface area contributed by atoms with Crippen molar-refractivity contribution in [1.29, 1.82) is 0 Å². The normalized spacial score (nSPS) is 19.3. The zero-order valence-corrected chi connectivity index (χ0v) is 11.6. The Hall–Kier alpha value is -1.13. The van der Waals surface area contributed by atoms with E-state index in [9.17, 15) is 0 Å². The van der Waals surface area contributed by atoms with Crippen molar-refractivity contribution in [3.8, 4) is 0 Å². The van der Waals surface area contributed by atoms with Gasteiger partial charge in [-0.2, -0.15) is 0 Å². The highest BCUT2D eigenvalue weighted by Crippen LogP contribution is 2.18. The number of nitrogens with zero attached hydrogens (tertiary/aromatic N) is 3. The SMILES string of the molecule is CC(C)N1CCN(c2cc([C@@H](C)N)ccn2)CC1. The summed E-state index contributed by atoms with van der Waals surface area (Å²) < 4.78 is 0. The van der Waals surface area contributed by atoms with Crippen LogP contribution in [0.2, 0.25) is 0 Å². The van der Waals surface area contributed by atoms with Crippen LogP contribution in [0.25, 0.3) is 0 Å². The van der Waals surface area contributed by atoms with Gasteiger partial charge in [-0.25, -0.2) is 4.98 Å². The van der Waals surface area contributed by atoms with E-state index in [1.165, 1.54) is 0 Å². The zero-order valence-electron chi connectivity index (χ0n) is 11.6. The van der Waals surface area contributed by atoms with Crippen molar-refractivity contribution < 1.29 is 0 Å². The number of rotatable bonds is 3. The molecule has 1 aliphatic heterocycles. The van der Waals surface area contributed by atoms with Crippen LogP contribution in [0.1, 0.15) is 32.4 Å². The van der Waals surface area contributed by atoms with Crippen molar-refractivity contribution in [3.05, 3.63) is 23.9 Å². The summed E-state index contributed by atoms with van der Waals surface area (Å²) in [5.74, 6) is 1.06. The first-order chi connectivity index (χ1) is 8.58. The van der Waals surface area contributed by atoms with Gasteiger partial charge in [-0.15, -0.1) is 0 Å². The summed E-state index contributed by atoms with van der Waals surface area (Å²) in [7, 11) is 0. The van der Waals surface area contributed by atoms with E-state index in [0.717, 1.165) is 37.6 Å². The minimum atomic E-state index is 0.0729. The van der Waals surface area contributed by atoms with Crippen molar-refractivity contribution in [2.45, 2.75) is 32.9 Å². The number of pyridine rings is 1. The van der Waals surface area contributed by atoms with Gasteiger partial charge in [-0.05, 0) is 38.5 Å². The predicted octanol–water partition coefficient (Wildman–Crippen LogP) is 1.63. The summed E-state index contributed by atoms with van der Waals surface area (Å²) in [4.78, 5) is 9.33. The van der Waals surface area contributed by atoms with Gasteiger partial charge in [0.2, 0.25) is 0 Å². The fourth-order valence-corrected chi connectivity index (χ4v) is 2.36. The smallest absolute Gasteiger partial charge is 0.128 e. The maximum absolute atomic E-state index is 5.92. The quantitative estimate of drug-likeness (QED) is 0.883. The Kier molecular flexibility index (Phi) is 4.19. The van der Waals surface area contributed by atoms with Crippen LogP contribution in [0.4, 0.5) is 5.82 Å². The molecule has 0 unspecified atom stereocenters. The largest absolute Gasteiger partial charge is 0.354 e. The molecule has 2 rings (SSSR count). The molecule has 1 saturated heterocycles. The zero-order chi connectivity index (χ0) is 13.1. The Bertz CT molecular complexity index is 381. The molecular weight excluding hydrogens is 224 g/mol. The van der Waals surface area contributed by atoms with Gasteiger partial charge in [0, 0.05) is 44.5 Å². The molecule has 4 heteroatoms. The maximum Gasteiger partial charge on any atom is 0.128 e. The number of hydrogen-bond acceptors (Lipinski definition) is 4. The van der Waals surface area contributed by atoms with Crippen LogP contribution in [0, 0.1) is 0 Å². The molecule has 18 heavy (non-hydrogen) atoms. The summed E-state index contributed by atoms with van der Waals surface area (Å²) in [5.41, 5.74) is 7.08. The lowest BCUT2D eigenvalue weighted by Gasteiger charge is -2.37. The van der Waals surface area contributed by atoms with E-state index < -0.39 is 0 Å². The predicted molar refractivity (Wildman–Crippen MR) is 75.8 cm³/mol. The summed E-state index contributed by atoms with van der Waals surface area (Å²) >= 11 is 0. The van der Waals surface area contributed by atoms with E-state index in [-0.39, 0.29) is 6.04 Å². The first-order valence-electron chi connectivity index (χ1n) is 6.78. The van der Waals surface area contributed by atoms with Gasteiger partial charge in [0.1, 0.15) is 5.82 Å². The van der Waals surface area contributed by atoms with Crippen LogP contribution in [-0.4, -0.2) is 42.1 Å². The van der Waals surface area contributed by atoms with Crippen molar-refractivity contribution in [2.24, 2.45) is 5.73 Å². The third-order valence-electron chi connectivity index (χ3n) is 3.66. The second-order valence-electron chi connectivity index (χ2n) is 5.35. The first-order valence-corrected chi connectivity index (χ1v) is 6.78. The molecule has 1 aromatic rings. The molecule has 4 nitrogen and oxygen atoms in total. The summed E-state index contributed by atoms with van der Waals surface area (Å²) in [6.45, 7) is 10.8. The molecule has 1 aliphatic rings. The molecule has 0 amide bonds. The number of aromatic nitrogens is 1. The molecule has 0 bridgehead atoms. The lowest BCUT2D eigenvalue weighted by molar-refractivity contribution is 0.209. The molecule has 100 valence electrons.